The summed E-state index contributed by atoms with van der Waals surface area (Å²) in [6.07, 6.45) is 1.91. The van der Waals surface area contributed by atoms with Crippen LogP contribution in [0.15, 0.2) is 0 Å². The van der Waals surface area contributed by atoms with Crippen molar-refractivity contribution in [2.45, 2.75) is 32.3 Å². The van der Waals surface area contributed by atoms with Crippen LogP contribution in [0.2, 0.25) is 0 Å². The number of aliphatic hydroxyl groups excluding tert-OH is 1. The monoisotopic (exact) mass is 186 g/mol. The summed E-state index contributed by atoms with van der Waals surface area (Å²) in [4.78, 5) is 11.4. The van der Waals surface area contributed by atoms with Crippen molar-refractivity contribution in [3.8, 4) is 0 Å². The molecule has 1 atom stereocenters. The van der Waals surface area contributed by atoms with Gasteiger partial charge in [0.05, 0.1) is 6.10 Å². The van der Waals surface area contributed by atoms with Gasteiger partial charge in [0.2, 0.25) is 5.91 Å². The quantitative estimate of drug-likeness (QED) is 0.686. The molecular weight excluding hydrogens is 168 g/mol. The normalized spacial score (nSPS) is 22.1. The SMILES string of the molecule is CC(O)CCN1C(=O)CCCN1C. The van der Waals surface area contributed by atoms with E-state index in [1.807, 2.05) is 12.1 Å². The van der Waals surface area contributed by atoms with Gasteiger partial charge in [-0.3, -0.25) is 9.80 Å². The van der Waals surface area contributed by atoms with Crippen LogP contribution in [0.4, 0.5) is 0 Å². The first-order valence-electron chi connectivity index (χ1n) is 4.80. The van der Waals surface area contributed by atoms with E-state index in [4.69, 9.17) is 5.11 Å². The molecule has 1 aliphatic rings. The Morgan fingerprint density at radius 2 is 2.31 bits per heavy atom. The molecule has 4 nitrogen and oxygen atoms in total. The Morgan fingerprint density at radius 1 is 1.62 bits per heavy atom. The number of carbonyl (C=O) groups excluding carboxylic acids is 1. The topological polar surface area (TPSA) is 43.8 Å². The molecule has 13 heavy (non-hydrogen) atoms. The van der Waals surface area contributed by atoms with Gasteiger partial charge in [-0.25, -0.2) is 5.01 Å². The van der Waals surface area contributed by atoms with Gasteiger partial charge in [-0.2, -0.15) is 0 Å². The summed E-state index contributed by atoms with van der Waals surface area (Å²) in [6.45, 7) is 3.31. The molecule has 1 aliphatic heterocycles. The first-order chi connectivity index (χ1) is 6.11. The molecule has 0 aromatic heterocycles. The maximum atomic E-state index is 11.4. The van der Waals surface area contributed by atoms with Crippen LogP contribution in [-0.4, -0.2) is 47.3 Å². The van der Waals surface area contributed by atoms with E-state index in [2.05, 4.69) is 0 Å². The van der Waals surface area contributed by atoms with E-state index >= 15 is 0 Å². The molecule has 1 heterocycles. The smallest absolute Gasteiger partial charge is 0.236 e. The summed E-state index contributed by atoms with van der Waals surface area (Å²) in [7, 11) is 1.92. The van der Waals surface area contributed by atoms with Crippen LogP contribution in [0, 0.1) is 0 Å². The summed E-state index contributed by atoms with van der Waals surface area (Å²) < 4.78 is 0. The van der Waals surface area contributed by atoms with Crippen LogP contribution in [-0.2, 0) is 4.79 Å². The average molecular weight is 186 g/mol. The van der Waals surface area contributed by atoms with Crippen molar-refractivity contribution in [3.05, 3.63) is 0 Å². The molecule has 0 radical (unpaired) electrons. The van der Waals surface area contributed by atoms with Crippen LogP contribution in [0.5, 0.6) is 0 Å². The van der Waals surface area contributed by atoms with Gasteiger partial charge in [-0.1, -0.05) is 0 Å². The van der Waals surface area contributed by atoms with E-state index < -0.39 is 0 Å². The number of hydrogen-bond acceptors (Lipinski definition) is 3. The third-order valence-corrected chi connectivity index (χ3v) is 2.33. The number of carbonyl (C=O) groups is 1. The lowest BCUT2D eigenvalue weighted by Gasteiger charge is -2.36. The molecule has 1 unspecified atom stereocenters. The number of hydrazine groups is 1. The van der Waals surface area contributed by atoms with Crippen molar-refractivity contribution in [2.75, 3.05) is 20.1 Å². The molecule has 4 heteroatoms. The first kappa shape index (κ1) is 10.5. The summed E-state index contributed by atoms with van der Waals surface area (Å²) >= 11 is 0. The van der Waals surface area contributed by atoms with Crippen molar-refractivity contribution < 1.29 is 9.90 Å². The Hall–Kier alpha value is -0.610. The summed E-state index contributed by atoms with van der Waals surface area (Å²) in [5, 5.41) is 12.8. The minimum absolute atomic E-state index is 0.175. The zero-order valence-electron chi connectivity index (χ0n) is 8.36. The fourth-order valence-corrected chi connectivity index (χ4v) is 1.50. The molecule has 0 aromatic carbocycles. The van der Waals surface area contributed by atoms with E-state index in [0.717, 1.165) is 13.0 Å². The van der Waals surface area contributed by atoms with E-state index in [9.17, 15) is 4.79 Å². The summed E-state index contributed by atoms with van der Waals surface area (Å²) in [5.74, 6) is 0.175. The van der Waals surface area contributed by atoms with E-state index in [1.165, 1.54) is 0 Å². The van der Waals surface area contributed by atoms with Gasteiger partial charge in [0, 0.05) is 26.6 Å². The third kappa shape index (κ3) is 2.97. The van der Waals surface area contributed by atoms with Crippen molar-refractivity contribution in [2.24, 2.45) is 0 Å². The largest absolute Gasteiger partial charge is 0.393 e. The number of rotatable bonds is 3. The van der Waals surface area contributed by atoms with Crippen LogP contribution in [0.25, 0.3) is 0 Å². The molecule has 1 rings (SSSR count). The minimum atomic E-state index is -0.330. The maximum Gasteiger partial charge on any atom is 0.236 e. The molecule has 1 amide bonds. The Bertz CT molecular complexity index is 182. The maximum absolute atomic E-state index is 11.4. The second-order valence-corrected chi connectivity index (χ2v) is 3.64. The van der Waals surface area contributed by atoms with Crippen LogP contribution >= 0.6 is 0 Å². The standard InChI is InChI=1S/C9H18N2O2/c1-8(12)5-7-11-9(13)4-3-6-10(11)2/h8,12H,3-7H2,1-2H3. The Balaban J connectivity index is 2.40. The highest BCUT2D eigenvalue weighted by Gasteiger charge is 2.22. The van der Waals surface area contributed by atoms with Crippen LogP contribution < -0.4 is 0 Å². The number of amides is 1. The fourth-order valence-electron chi connectivity index (χ4n) is 1.50. The highest BCUT2D eigenvalue weighted by atomic mass is 16.3. The number of nitrogens with zero attached hydrogens (tertiary/aromatic N) is 2. The highest BCUT2D eigenvalue weighted by Crippen LogP contribution is 2.10. The van der Waals surface area contributed by atoms with Crippen molar-refractivity contribution in [1.29, 1.82) is 0 Å². The lowest BCUT2D eigenvalue weighted by molar-refractivity contribution is -0.152. The Kier molecular flexibility index (Phi) is 3.69. The van der Waals surface area contributed by atoms with Gasteiger partial charge in [0.25, 0.3) is 0 Å². The average Bonchev–Trinajstić information content (AvgIpc) is 2.03. The number of aliphatic hydroxyl groups is 1. The molecule has 1 saturated heterocycles. The van der Waals surface area contributed by atoms with Gasteiger partial charge in [-0.15, -0.1) is 0 Å². The summed E-state index contributed by atoms with van der Waals surface area (Å²) in [5.41, 5.74) is 0. The molecule has 0 aromatic rings. The molecule has 0 aliphatic carbocycles. The fraction of sp³-hybridized carbons (Fsp3) is 0.889. The summed E-state index contributed by atoms with van der Waals surface area (Å²) in [6, 6.07) is 0. The predicted molar refractivity (Wildman–Crippen MR) is 49.9 cm³/mol. The Labute approximate surface area is 79.1 Å². The second kappa shape index (κ2) is 4.58. The van der Waals surface area contributed by atoms with E-state index in [0.29, 0.717) is 19.4 Å². The molecular formula is C9H18N2O2. The number of hydrogen-bond donors (Lipinski definition) is 1. The third-order valence-electron chi connectivity index (χ3n) is 2.33. The van der Waals surface area contributed by atoms with Gasteiger partial charge < -0.3 is 5.11 Å². The minimum Gasteiger partial charge on any atom is -0.393 e. The molecule has 0 saturated carbocycles. The van der Waals surface area contributed by atoms with Crippen molar-refractivity contribution >= 4 is 5.91 Å². The first-order valence-corrected chi connectivity index (χ1v) is 4.80. The van der Waals surface area contributed by atoms with E-state index in [1.54, 1.807) is 11.9 Å². The lowest BCUT2D eigenvalue weighted by atomic mass is 10.2. The van der Waals surface area contributed by atoms with Crippen LogP contribution in [0.3, 0.4) is 0 Å². The van der Waals surface area contributed by atoms with Gasteiger partial charge in [-0.05, 0) is 19.8 Å². The van der Waals surface area contributed by atoms with Gasteiger partial charge in [0.1, 0.15) is 0 Å². The zero-order chi connectivity index (χ0) is 9.84. The van der Waals surface area contributed by atoms with Gasteiger partial charge in [0.15, 0.2) is 0 Å². The molecule has 0 bridgehead atoms. The zero-order valence-corrected chi connectivity index (χ0v) is 8.36. The second-order valence-electron chi connectivity index (χ2n) is 3.64. The van der Waals surface area contributed by atoms with E-state index in [-0.39, 0.29) is 12.0 Å². The molecule has 76 valence electrons. The Morgan fingerprint density at radius 3 is 2.85 bits per heavy atom. The molecule has 1 N–H and O–H groups in total. The lowest BCUT2D eigenvalue weighted by Crippen LogP contribution is -2.49. The molecule has 1 fully saturated rings. The van der Waals surface area contributed by atoms with Crippen molar-refractivity contribution in [1.82, 2.24) is 10.0 Å². The highest BCUT2D eigenvalue weighted by molar-refractivity contribution is 5.76. The van der Waals surface area contributed by atoms with Gasteiger partial charge >= 0.3 is 0 Å². The predicted octanol–water partition coefficient (Wildman–Crippen LogP) is 0.226. The van der Waals surface area contributed by atoms with Crippen LogP contribution in [0.1, 0.15) is 26.2 Å². The van der Waals surface area contributed by atoms with Crippen molar-refractivity contribution in [3.63, 3.8) is 0 Å². The molecule has 0 spiro atoms.